The Labute approximate surface area is 90.8 Å². The van der Waals surface area contributed by atoms with E-state index >= 15 is 0 Å². The number of nitrogens with two attached hydrogens (primary N) is 1. The number of hydrogen-bond donors (Lipinski definition) is 1. The van der Waals surface area contributed by atoms with Crippen LogP contribution in [-0.2, 0) is 4.74 Å². The molecule has 86 valence electrons. The summed E-state index contributed by atoms with van der Waals surface area (Å²) in [7, 11) is 0. The number of carbonyl (C=O) groups excluding carboxylic acids is 1. The lowest BCUT2D eigenvalue weighted by Crippen LogP contribution is -2.45. The number of carbonyl (C=O) groups is 1. The van der Waals surface area contributed by atoms with Crippen molar-refractivity contribution in [1.82, 2.24) is 4.90 Å². The van der Waals surface area contributed by atoms with Gasteiger partial charge >= 0.3 is 6.09 Å². The Morgan fingerprint density at radius 3 is 2.27 bits per heavy atom. The van der Waals surface area contributed by atoms with Crippen molar-refractivity contribution >= 4 is 6.09 Å². The Morgan fingerprint density at radius 1 is 1.13 bits per heavy atom. The SMILES string of the molecule is NC1CC(OC(=O)N2CCCCCC2)C1. The maximum Gasteiger partial charge on any atom is 0.410 e. The number of nitrogens with zero attached hydrogens (tertiary/aromatic N) is 1. The number of likely N-dealkylation sites (tertiary alicyclic amines) is 1. The lowest BCUT2D eigenvalue weighted by molar-refractivity contribution is 0.0186. The molecule has 1 saturated heterocycles. The van der Waals surface area contributed by atoms with Gasteiger partial charge in [-0.05, 0) is 25.7 Å². The molecule has 2 aliphatic rings. The highest BCUT2D eigenvalue weighted by atomic mass is 16.6. The van der Waals surface area contributed by atoms with Gasteiger partial charge < -0.3 is 15.4 Å². The third-order valence-electron chi connectivity index (χ3n) is 3.26. The largest absolute Gasteiger partial charge is 0.446 e. The summed E-state index contributed by atoms with van der Waals surface area (Å²) in [5, 5.41) is 0. The molecule has 0 radical (unpaired) electrons. The van der Waals surface area contributed by atoms with E-state index in [-0.39, 0.29) is 18.2 Å². The molecule has 1 aliphatic carbocycles. The minimum Gasteiger partial charge on any atom is -0.446 e. The fourth-order valence-electron chi connectivity index (χ4n) is 2.17. The van der Waals surface area contributed by atoms with Gasteiger partial charge in [-0.3, -0.25) is 0 Å². The van der Waals surface area contributed by atoms with Crippen LogP contribution < -0.4 is 5.73 Å². The molecule has 0 atom stereocenters. The van der Waals surface area contributed by atoms with Crippen molar-refractivity contribution in [3.8, 4) is 0 Å². The van der Waals surface area contributed by atoms with Crippen molar-refractivity contribution in [2.45, 2.75) is 50.7 Å². The second-order valence-electron chi connectivity index (χ2n) is 4.64. The van der Waals surface area contributed by atoms with E-state index in [9.17, 15) is 4.79 Å². The van der Waals surface area contributed by atoms with Crippen molar-refractivity contribution in [3.05, 3.63) is 0 Å². The lowest BCUT2D eigenvalue weighted by atomic mass is 9.90. The Hall–Kier alpha value is -0.770. The molecule has 0 aromatic rings. The molecule has 15 heavy (non-hydrogen) atoms. The molecule has 1 aliphatic heterocycles. The highest BCUT2D eigenvalue weighted by Gasteiger charge is 2.30. The lowest BCUT2D eigenvalue weighted by Gasteiger charge is -2.33. The topological polar surface area (TPSA) is 55.6 Å². The van der Waals surface area contributed by atoms with Crippen molar-refractivity contribution in [2.75, 3.05) is 13.1 Å². The molecule has 0 spiro atoms. The molecule has 1 amide bonds. The van der Waals surface area contributed by atoms with Crippen LogP contribution >= 0.6 is 0 Å². The molecule has 0 unspecified atom stereocenters. The second kappa shape index (κ2) is 4.84. The molecule has 1 heterocycles. The first-order valence-electron chi connectivity index (χ1n) is 5.97. The van der Waals surface area contributed by atoms with E-state index in [0.717, 1.165) is 38.8 Å². The van der Waals surface area contributed by atoms with Crippen molar-refractivity contribution in [2.24, 2.45) is 5.73 Å². The van der Waals surface area contributed by atoms with Crippen molar-refractivity contribution in [1.29, 1.82) is 0 Å². The third-order valence-corrected chi connectivity index (χ3v) is 3.26. The monoisotopic (exact) mass is 212 g/mol. The quantitative estimate of drug-likeness (QED) is 0.716. The molecule has 2 fully saturated rings. The molecule has 2 N–H and O–H groups in total. The van der Waals surface area contributed by atoms with Gasteiger partial charge in [0.25, 0.3) is 0 Å². The number of hydrogen-bond acceptors (Lipinski definition) is 3. The molecular weight excluding hydrogens is 192 g/mol. The van der Waals surface area contributed by atoms with E-state index in [0.29, 0.717) is 0 Å². The van der Waals surface area contributed by atoms with Gasteiger partial charge in [-0.2, -0.15) is 0 Å². The summed E-state index contributed by atoms with van der Waals surface area (Å²) in [6.45, 7) is 1.72. The summed E-state index contributed by atoms with van der Waals surface area (Å²) in [4.78, 5) is 13.6. The van der Waals surface area contributed by atoms with Crippen LogP contribution in [-0.4, -0.2) is 36.2 Å². The Bertz CT molecular complexity index is 219. The van der Waals surface area contributed by atoms with E-state index in [2.05, 4.69) is 0 Å². The van der Waals surface area contributed by atoms with Gasteiger partial charge in [0.15, 0.2) is 0 Å². The second-order valence-corrected chi connectivity index (χ2v) is 4.64. The van der Waals surface area contributed by atoms with Gasteiger partial charge in [0.1, 0.15) is 6.10 Å². The van der Waals surface area contributed by atoms with E-state index in [1.54, 1.807) is 0 Å². The fraction of sp³-hybridized carbons (Fsp3) is 0.909. The van der Waals surface area contributed by atoms with Crippen molar-refractivity contribution in [3.63, 3.8) is 0 Å². The van der Waals surface area contributed by atoms with Gasteiger partial charge in [0.2, 0.25) is 0 Å². The third kappa shape index (κ3) is 2.84. The summed E-state index contributed by atoms with van der Waals surface area (Å²) in [5.41, 5.74) is 5.64. The number of ether oxygens (including phenoxy) is 1. The first-order valence-corrected chi connectivity index (χ1v) is 5.97. The Balaban J connectivity index is 1.74. The highest BCUT2D eigenvalue weighted by Crippen LogP contribution is 2.22. The molecule has 0 aromatic heterocycles. The number of rotatable bonds is 1. The first-order chi connectivity index (χ1) is 7.25. The van der Waals surface area contributed by atoms with E-state index < -0.39 is 0 Å². The minimum absolute atomic E-state index is 0.0794. The zero-order valence-electron chi connectivity index (χ0n) is 9.15. The molecular formula is C11H20N2O2. The molecule has 0 aromatic carbocycles. The van der Waals surface area contributed by atoms with Crippen LogP contribution in [0.1, 0.15) is 38.5 Å². The van der Waals surface area contributed by atoms with Crippen LogP contribution in [0, 0.1) is 0 Å². The fourth-order valence-corrected chi connectivity index (χ4v) is 2.17. The van der Waals surface area contributed by atoms with Gasteiger partial charge in [-0.1, -0.05) is 12.8 Å². The zero-order valence-corrected chi connectivity index (χ0v) is 9.15. The summed E-state index contributed by atoms with van der Waals surface area (Å²) < 4.78 is 5.36. The first kappa shape index (κ1) is 10.7. The average molecular weight is 212 g/mol. The maximum atomic E-state index is 11.7. The van der Waals surface area contributed by atoms with E-state index in [1.807, 2.05) is 4.90 Å². The summed E-state index contributed by atoms with van der Waals surface area (Å²) in [6, 6.07) is 0.243. The normalized spacial score (nSPS) is 31.7. The highest BCUT2D eigenvalue weighted by molar-refractivity contribution is 5.67. The predicted molar refractivity (Wildman–Crippen MR) is 57.5 cm³/mol. The van der Waals surface area contributed by atoms with E-state index in [4.69, 9.17) is 10.5 Å². The predicted octanol–water partition coefficient (Wildman–Crippen LogP) is 1.49. The molecule has 1 saturated carbocycles. The van der Waals surface area contributed by atoms with Crippen LogP contribution in [0.3, 0.4) is 0 Å². The van der Waals surface area contributed by atoms with Crippen molar-refractivity contribution < 1.29 is 9.53 Å². The summed E-state index contributed by atoms with van der Waals surface area (Å²) in [6.07, 6.45) is 6.30. The van der Waals surface area contributed by atoms with Crippen LogP contribution in [0.25, 0.3) is 0 Å². The zero-order chi connectivity index (χ0) is 10.7. The smallest absolute Gasteiger partial charge is 0.410 e. The number of amides is 1. The molecule has 2 rings (SSSR count). The van der Waals surface area contributed by atoms with Crippen LogP contribution in [0.5, 0.6) is 0 Å². The summed E-state index contributed by atoms with van der Waals surface area (Å²) >= 11 is 0. The maximum absolute atomic E-state index is 11.7. The standard InChI is InChI=1S/C11H20N2O2/c12-9-7-10(8-9)15-11(14)13-5-3-1-2-4-6-13/h9-10H,1-8,12H2. The Kier molecular flexibility index (Phi) is 3.46. The molecule has 4 nitrogen and oxygen atoms in total. The molecule has 4 heteroatoms. The van der Waals surface area contributed by atoms with Crippen LogP contribution in [0.2, 0.25) is 0 Å². The van der Waals surface area contributed by atoms with Gasteiger partial charge in [-0.25, -0.2) is 4.79 Å². The van der Waals surface area contributed by atoms with Gasteiger partial charge in [0.05, 0.1) is 0 Å². The Morgan fingerprint density at radius 2 is 1.73 bits per heavy atom. The minimum atomic E-state index is -0.131. The summed E-state index contributed by atoms with van der Waals surface area (Å²) in [5.74, 6) is 0. The van der Waals surface area contributed by atoms with E-state index in [1.165, 1.54) is 12.8 Å². The van der Waals surface area contributed by atoms with Crippen LogP contribution in [0.4, 0.5) is 4.79 Å². The average Bonchev–Trinajstić information content (AvgIpc) is 2.43. The molecule has 0 bridgehead atoms. The van der Waals surface area contributed by atoms with Gasteiger partial charge in [-0.15, -0.1) is 0 Å². The van der Waals surface area contributed by atoms with Crippen LogP contribution in [0.15, 0.2) is 0 Å². The van der Waals surface area contributed by atoms with Gasteiger partial charge in [0, 0.05) is 19.1 Å².